The van der Waals surface area contributed by atoms with Crippen molar-refractivity contribution >= 4 is 0 Å². The van der Waals surface area contributed by atoms with Gasteiger partial charge in [0.15, 0.2) is 0 Å². The van der Waals surface area contributed by atoms with Gasteiger partial charge >= 0.3 is 0 Å². The second-order valence-electron chi connectivity index (χ2n) is 4.63. The molecule has 1 aliphatic rings. The number of nitrogens with zero attached hydrogens (tertiary/aromatic N) is 1. The zero-order chi connectivity index (χ0) is 8.48. The Morgan fingerprint density at radius 3 is 2.36 bits per heavy atom. The van der Waals surface area contributed by atoms with Gasteiger partial charge in [0.1, 0.15) is 0 Å². The normalized spacial score (nSPS) is 28.9. The summed E-state index contributed by atoms with van der Waals surface area (Å²) in [5, 5.41) is 3.55. The monoisotopic (exact) mass is 156 g/mol. The van der Waals surface area contributed by atoms with E-state index in [2.05, 4.69) is 38.0 Å². The van der Waals surface area contributed by atoms with Crippen LogP contribution in [0, 0.1) is 5.41 Å². The molecule has 1 fully saturated rings. The van der Waals surface area contributed by atoms with Crippen molar-refractivity contribution in [2.45, 2.75) is 26.8 Å². The molecule has 11 heavy (non-hydrogen) atoms. The van der Waals surface area contributed by atoms with Crippen LogP contribution in [0.5, 0.6) is 0 Å². The fraction of sp³-hybridized carbons (Fsp3) is 1.00. The number of nitrogens with one attached hydrogen (secondary N) is 1. The summed E-state index contributed by atoms with van der Waals surface area (Å²) < 4.78 is 0. The lowest BCUT2D eigenvalue weighted by molar-refractivity contribution is 0.156. The molecule has 2 nitrogen and oxygen atoms in total. The Morgan fingerprint density at radius 1 is 1.36 bits per heavy atom. The molecule has 2 heteroatoms. The molecule has 0 bridgehead atoms. The van der Waals surface area contributed by atoms with Crippen LogP contribution >= 0.6 is 0 Å². The molecule has 0 aromatic rings. The first-order valence-corrected chi connectivity index (χ1v) is 4.42. The largest absolute Gasteiger partial charge is 0.311 e. The Hall–Kier alpha value is -0.0800. The van der Waals surface area contributed by atoms with Crippen LogP contribution in [-0.2, 0) is 0 Å². The molecule has 1 atom stereocenters. The van der Waals surface area contributed by atoms with E-state index in [-0.39, 0.29) is 0 Å². The highest BCUT2D eigenvalue weighted by atomic mass is 15.2. The van der Waals surface area contributed by atoms with Gasteiger partial charge in [-0.2, -0.15) is 0 Å². The Bertz CT molecular complexity index is 126. The van der Waals surface area contributed by atoms with Crippen molar-refractivity contribution in [2.24, 2.45) is 5.41 Å². The van der Waals surface area contributed by atoms with Gasteiger partial charge in [0.2, 0.25) is 0 Å². The highest BCUT2D eigenvalue weighted by molar-refractivity contribution is 4.85. The van der Waals surface area contributed by atoms with Crippen LogP contribution in [0.15, 0.2) is 0 Å². The van der Waals surface area contributed by atoms with Crippen molar-refractivity contribution in [1.82, 2.24) is 10.2 Å². The summed E-state index contributed by atoms with van der Waals surface area (Å²) in [4.78, 5) is 2.40. The SMILES string of the molecule is CN1CCN[C@H](C(C)(C)C)C1. The van der Waals surface area contributed by atoms with Gasteiger partial charge in [0.05, 0.1) is 0 Å². The van der Waals surface area contributed by atoms with E-state index in [1.165, 1.54) is 13.1 Å². The lowest BCUT2D eigenvalue weighted by Gasteiger charge is -2.38. The summed E-state index contributed by atoms with van der Waals surface area (Å²) in [7, 11) is 2.19. The van der Waals surface area contributed by atoms with E-state index >= 15 is 0 Å². The third-order valence-electron chi connectivity index (χ3n) is 2.42. The number of hydrogen-bond donors (Lipinski definition) is 1. The molecule has 0 radical (unpaired) electrons. The van der Waals surface area contributed by atoms with Crippen LogP contribution < -0.4 is 5.32 Å². The molecule has 0 spiro atoms. The zero-order valence-electron chi connectivity index (χ0n) is 8.15. The minimum Gasteiger partial charge on any atom is -0.311 e. The van der Waals surface area contributed by atoms with E-state index in [9.17, 15) is 0 Å². The van der Waals surface area contributed by atoms with Gasteiger partial charge in [0, 0.05) is 25.7 Å². The van der Waals surface area contributed by atoms with E-state index in [4.69, 9.17) is 0 Å². The third kappa shape index (κ3) is 2.46. The Balaban J connectivity index is 2.46. The van der Waals surface area contributed by atoms with Crippen molar-refractivity contribution in [2.75, 3.05) is 26.7 Å². The van der Waals surface area contributed by atoms with Crippen molar-refractivity contribution in [1.29, 1.82) is 0 Å². The molecule has 1 rings (SSSR count). The van der Waals surface area contributed by atoms with Crippen molar-refractivity contribution in [3.8, 4) is 0 Å². The predicted octanol–water partition coefficient (Wildman–Crippen LogP) is 0.936. The first-order chi connectivity index (χ1) is 5.00. The van der Waals surface area contributed by atoms with Gasteiger partial charge in [0.25, 0.3) is 0 Å². The van der Waals surface area contributed by atoms with E-state index in [1.807, 2.05) is 0 Å². The molecule has 1 N–H and O–H groups in total. The second-order valence-corrected chi connectivity index (χ2v) is 4.63. The predicted molar refractivity (Wildman–Crippen MR) is 48.7 cm³/mol. The molecule has 0 aromatic heterocycles. The molecule has 1 heterocycles. The van der Waals surface area contributed by atoms with Gasteiger partial charge in [-0.3, -0.25) is 0 Å². The average Bonchev–Trinajstić information content (AvgIpc) is 1.86. The summed E-state index contributed by atoms with van der Waals surface area (Å²) in [5.74, 6) is 0. The van der Waals surface area contributed by atoms with Gasteiger partial charge in [-0.25, -0.2) is 0 Å². The summed E-state index contributed by atoms with van der Waals surface area (Å²) in [6.45, 7) is 10.4. The Labute approximate surface area is 70.0 Å². The van der Waals surface area contributed by atoms with Crippen LogP contribution in [0.25, 0.3) is 0 Å². The molecule has 66 valence electrons. The summed E-state index contributed by atoms with van der Waals surface area (Å²) in [6.07, 6.45) is 0. The summed E-state index contributed by atoms with van der Waals surface area (Å²) in [6, 6.07) is 0.654. The zero-order valence-corrected chi connectivity index (χ0v) is 8.15. The molecule has 0 aliphatic carbocycles. The van der Waals surface area contributed by atoms with E-state index in [1.54, 1.807) is 0 Å². The average molecular weight is 156 g/mol. The van der Waals surface area contributed by atoms with Crippen LogP contribution in [0.1, 0.15) is 20.8 Å². The first kappa shape index (κ1) is 9.01. The van der Waals surface area contributed by atoms with Crippen LogP contribution in [0.4, 0.5) is 0 Å². The standard InChI is InChI=1S/C9H20N2/c1-9(2,3)8-7-11(4)6-5-10-8/h8,10H,5-7H2,1-4H3/t8-/m0/s1. The quantitative estimate of drug-likeness (QED) is 0.561. The number of piperazine rings is 1. The minimum absolute atomic E-state index is 0.398. The molecular weight excluding hydrogens is 136 g/mol. The maximum Gasteiger partial charge on any atom is 0.0243 e. The molecule has 0 aromatic carbocycles. The fourth-order valence-electron chi connectivity index (χ4n) is 1.48. The molecule has 1 aliphatic heterocycles. The lowest BCUT2D eigenvalue weighted by atomic mass is 9.85. The molecule has 0 unspecified atom stereocenters. The highest BCUT2D eigenvalue weighted by Gasteiger charge is 2.27. The number of rotatable bonds is 0. The Morgan fingerprint density at radius 2 is 2.00 bits per heavy atom. The van der Waals surface area contributed by atoms with E-state index in [0.29, 0.717) is 11.5 Å². The van der Waals surface area contributed by atoms with Crippen molar-refractivity contribution < 1.29 is 0 Å². The first-order valence-electron chi connectivity index (χ1n) is 4.42. The molecule has 0 saturated carbocycles. The third-order valence-corrected chi connectivity index (χ3v) is 2.42. The minimum atomic E-state index is 0.398. The smallest absolute Gasteiger partial charge is 0.0243 e. The summed E-state index contributed by atoms with van der Waals surface area (Å²) >= 11 is 0. The molecule has 0 amide bonds. The van der Waals surface area contributed by atoms with Crippen molar-refractivity contribution in [3.63, 3.8) is 0 Å². The van der Waals surface area contributed by atoms with Gasteiger partial charge < -0.3 is 10.2 Å². The second kappa shape index (κ2) is 3.11. The fourth-order valence-corrected chi connectivity index (χ4v) is 1.48. The van der Waals surface area contributed by atoms with Gasteiger partial charge in [-0.1, -0.05) is 20.8 Å². The van der Waals surface area contributed by atoms with E-state index in [0.717, 1.165) is 6.54 Å². The highest BCUT2D eigenvalue weighted by Crippen LogP contribution is 2.20. The molecule has 1 saturated heterocycles. The van der Waals surface area contributed by atoms with Gasteiger partial charge in [-0.15, -0.1) is 0 Å². The molecular formula is C9H20N2. The number of hydrogen-bond acceptors (Lipinski definition) is 2. The van der Waals surface area contributed by atoms with E-state index < -0.39 is 0 Å². The van der Waals surface area contributed by atoms with Crippen LogP contribution in [0.2, 0.25) is 0 Å². The number of likely N-dealkylation sites (N-methyl/N-ethyl adjacent to an activating group) is 1. The Kier molecular flexibility index (Phi) is 2.55. The maximum atomic E-state index is 3.55. The van der Waals surface area contributed by atoms with Crippen molar-refractivity contribution in [3.05, 3.63) is 0 Å². The van der Waals surface area contributed by atoms with Gasteiger partial charge in [-0.05, 0) is 12.5 Å². The summed E-state index contributed by atoms with van der Waals surface area (Å²) in [5.41, 5.74) is 0.398. The maximum absolute atomic E-state index is 3.55. The lowest BCUT2D eigenvalue weighted by Crippen LogP contribution is -2.54. The topological polar surface area (TPSA) is 15.3 Å². The van der Waals surface area contributed by atoms with Crippen LogP contribution in [0.3, 0.4) is 0 Å². The van der Waals surface area contributed by atoms with Crippen LogP contribution in [-0.4, -0.2) is 37.6 Å².